The highest BCUT2D eigenvalue weighted by Gasteiger charge is 2.76. The Morgan fingerprint density at radius 1 is 1.25 bits per heavy atom. The number of ether oxygens (including phenoxy) is 1. The Hall–Kier alpha value is -1.11. The number of nitrogens with zero attached hydrogens (tertiary/aromatic N) is 1. The zero-order valence-electron chi connectivity index (χ0n) is 11.2. The van der Waals surface area contributed by atoms with Crippen LogP contribution in [0, 0.1) is 0 Å². The first kappa shape index (κ1) is 13.9. The molecule has 0 aromatic heterocycles. The monoisotopic (exact) mass is 287 g/mol. The molecule has 1 N–H and O–H groups in total. The van der Waals surface area contributed by atoms with Gasteiger partial charge in [-0.1, -0.05) is 30.3 Å². The minimum Gasteiger partial charge on any atom is -0.357 e. The molecule has 0 saturated carbocycles. The van der Waals surface area contributed by atoms with Crippen LogP contribution in [-0.4, -0.2) is 40.2 Å². The molecule has 2 aliphatic heterocycles. The van der Waals surface area contributed by atoms with Gasteiger partial charge in [0.2, 0.25) is 0 Å². The van der Waals surface area contributed by atoms with E-state index in [2.05, 4.69) is 0 Å². The minimum atomic E-state index is -4.81. The van der Waals surface area contributed by atoms with Crippen LogP contribution in [0.2, 0.25) is 0 Å². The second-order valence-electron chi connectivity index (χ2n) is 6.00. The predicted octanol–water partition coefficient (Wildman–Crippen LogP) is 2.47. The van der Waals surface area contributed by atoms with Gasteiger partial charge in [-0.3, -0.25) is 4.90 Å². The number of aliphatic hydroxyl groups is 1. The summed E-state index contributed by atoms with van der Waals surface area (Å²) in [5.41, 5.74) is 0.224. The summed E-state index contributed by atoms with van der Waals surface area (Å²) < 4.78 is 44.3. The topological polar surface area (TPSA) is 32.5 Å². The molecule has 2 heterocycles. The second-order valence-corrected chi connectivity index (χ2v) is 6.00. The number of hydrogen-bond acceptors (Lipinski definition) is 3. The van der Waals surface area contributed by atoms with Crippen molar-refractivity contribution in [2.24, 2.45) is 0 Å². The van der Waals surface area contributed by atoms with Crippen LogP contribution in [-0.2, 0) is 4.74 Å². The lowest BCUT2D eigenvalue weighted by atomic mass is 10.0. The molecule has 6 heteroatoms. The Balaban J connectivity index is 2.00. The maximum Gasteiger partial charge on any atom is 0.444 e. The minimum absolute atomic E-state index is 0.164. The highest BCUT2D eigenvalue weighted by molar-refractivity contribution is 5.32. The van der Waals surface area contributed by atoms with Gasteiger partial charge in [-0.05, 0) is 19.4 Å². The molecule has 2 aliphatic rings. The fraction of sp³-hybridized carbons (Fsp3) is 0.571. The third kappa shape index (κ3) is 1.78. The maximum absolute atomic E-state index is 13.1. The summed E-state index contributed by atoms with van der Waals surface area (Å²) in [7, 11) is 0. The molecule has 3 nitrogen and oxygen atoms in total. The van der Waals surface area contributed by atoms with E-state index in [-0.39, 0.29) is 6.61 Å². The van der Waals surface area contributed by atoms with Crippen LogP contribution in [0.5, 0.6) is 0 Å². The summed E-state index contributed by atoms with van der Waals surface area (Å²) >= 11 is 0. The number of fused-ring (bicyclic) bond motifs is 1. The quantitative estimate of drug-likeness (QED) is 0.805. The molecular formula is C14H16F3NO2. The van der Waals surface area contributed by atoms with Gasteiger partial charge >= 0.3 is 6.18 Å². The largest absolute Gasteiger partial charge is 0.444 e. The number of halogens is 3. The SMILES string of the molecule is CC1(C)CO[C@](O)(C(F)(F)F)[C@H]2[C@@H](c3ccccc3)N21. The highest BCUT2D eigenvalue weighted by atomic mass is 19.4. The summed E-state index contributed by atoms with van der Waals surface area (Å²) in [5, 5.41) is 9.99. The van der Waals surface area contributed by atoms with Gasteiger partial charge in [-0.15, -0.1) is 0 Å². The third-order valence-corrected chi connectivity index (χ3v) is 4.10. The number of hydrogen-bond donors (Lipinski definition) is 1. The highest BCUT2D eigenvalue weighted by Crippen LogP contribution is 2.59. The zero-order chi connectivity index (χ0) is 14.8. The molecule has 2 saturated heterocycles. The van der Waals surface area contributed by atoms with Crippen LogP contribution in [0.1, 0.15) is 25.5 Å². The molecule has 0 spiro atoms. The van der Waals surface area contributed by atoms with Crippen molar-refractivity contribution in [2.45, 2.75) is 43.4 Å². The molecule has 1 unspecified atom stereocenters. The molecular weight excluding hydrogens is 271 g/mol. The van der Waals surface area contributed by atoms with E-state index in [1.54, 1.807) is 29.2 Å². The molecule has 4 atom stereocenters. The molecule has 0 bridgehead atoms. The standard InChI is InChI=1S/C14H16F3NO2/c1-12(2)8-20-13(19,14(15,16)17)11-10(18(11)12)9-6-4-3-5-7-9/h3-7,10-11,19H,8H2,1-2H3/t10-,11-,13+,18?/m1/s1. The molecule has 20 heavy (non-hydrogen) atoms. The molecule has 1 aromatic carbocycles. The van der Waals surface area contributed by atoms with Crippen molar-refractivity contribution in [3.8, 4) is 0 Å². The van der Waals surface area contributed by atoms with E-state index in [1.807, 2.05) is 19.9 Å². The fourth-order valence-corrected chi connectivity index (χ4v) is 3.08. The average Bonchev–Trinajstić information content (AvgIpc) is 3.12. The van der Waals surface area contributed by atoms with Crippen LogP contribution >= 0.6 is 0 Å². The predicted molar refractivity (Wildman–Crippen MR) is 65.8 cm³/mol. The first-order valence-electron chi connectivity index (χ1n) is 6.45. The Morgan fingerprint density at radius 3 is 2.40 bits per heavy atom. The summed E-state index contributed by atoms with van der Waals surface area (Å²) in [6.45, 7) is 3.47. The van der Waals surface area contributed by atoms with Gasteiger partial charge in [0.05, 0.1) is 18.7 Å². The van der Waals surface area contributed by atoms with E-state index in [4.69, 9.17) is 4.74 Å². The molecule has 1 aromatic rings. The van der Waals surface area contributed by atoms with E-state index in [1.165, 1.54) is 0 Å². The average molecular weight is 287 g/mol. The van der Waals surface area contributed by atoms with Gasteiger partial charge in [0.15, 0.2) is 0 Å². The van der Waals surface area contributed by atoms with Gasteiger partial charge in [0.25, 0.3) is 5.79 Å². The van der Waals surface area contributed by atoms with E-state index in [9.17, 15) is 18.3 Å². The van der Waals surface area contributed by atoms with Gasteiger partial charge in [0, 0.05) is 5.54 Å². The Kier molecular flexibility index (Phi) is 2.74. The van der Waals surface area contributed by atoms with Crippen molar-refractivity contribution in [2.75, 3.05) is 6.61 Å². The Bertz CT molecular complexity index is 517. The normalized spacial score (nSPS) is 39.2. The fourth-order valence-electron chi connectivity index (χ4n) is 3.08. The second kappa shape index (κ2) is 3.96. The summed E-state index contributed by atoms with van der Waals surface area (Å²) in [6.07, 6.45) is -4.81. The van der Waals surface area contributed by atoms with Crippen molar-refractivity contribution in [1.29, 1.82) is 0 Å². The van der Waals surface area contributed by atoms with Crippen molar-refractivity contribution < 1.29 is 23.0 Å². The molecule has 0 amide bonds. The lowest BCUT2D eigenvalue weighted by molar-refractivity contribution is -0.383. The number of alkyl halides is 3. The lowest BCUT2D eigenvalue weighted by Crippen LogP contribution is -2.60. The summed E-state index contributed by atoms with van der Waals surface area (Å²) in [4.78, 5) is 1.68. The first-order chi connectivity index (χ1) is 9.18. The van der Waals surface area contributed by atoms with Crippen molar-refractivity contribution in [3.63, 3.8) is 0 Å². The smallest absolute Gasteiger partial charge is 0.357 e. The number of rotatable bonds is 1. The van der Waals surface area contributed by atoms with Gasteiger partial charge in [0.1, 0.15) is 0 Å². The van der Waals surface area contributed by atoms with Crippen LogP contribution in [0.3, 0.4) is 0 Å². The van der Waals surface area contributed by atoms with E-state index < -0.39 is 29.6 Å². The third-order valence-electron chi connectivity index (χ3n) is 4.10. The van der Waals surface area contributed by atoms with Gasteiger partial charge in [-0.25, -0.2) is 0 Å². The van der Waals surface area contributed by atoms with Crippen LogP contribution in [0.15, 0.2) is 30.3 Å². The maximum atomic E-state index is 13.1. The summed E-state index contributed by atoms with van der Waals surface area (Å²) in [6, 6.07) is 7.35. The number of morpholine rings is 1. The Morgan fingerprint density at radius 2 is 1.85 bits per heavy atom. The van der Waals surface area contributed by atoms with Crippen LogP contribution in [0.4, 0.5) is 13.2 Å². The summed E-state index contributed by atoms with van der Waals surface area (Å²) in [5.74, 6) is -3.09. The molecule has 2 fully saturated rings. The zero-order valence-corrected chi connectivity index (χ0v) is 11.2. The van der Waals surface area contributed by atoms with Crippen molar-refractivity contribution in [3.05, 3.63) is 35.9 Å². The number of benzene rings is 1. The molecule has 3 rings (SSSR count). The van der Waals surface area contributed by atoms with Crippen molar-refractivity contribution >= 4 is 0 Å². The Labute approximate surface area is 115 Å². The van der Waals surface area contributed by atoms with Gasteiger partial charge < -0.3 is 9.84 Å². The van der Waals surface area contributed by atoms with Gasteiger partial charge in [-0.2, -0.15) is 13.2 Å². The lowest BCUT2D eigenvalue weighted by Gasteiger charge is -2.40. The van der Waals surface area contributed by atoms with Crippen molar-refractivity contribution in [1.82, 2.24) is 4.90 Å². The van der Waals surface area contributed by atoms with Crippen LogP contribution in [0.25, 0.3) is 0 Å². The van der Waals surface area contributed by atoms with E-state index in [0.29, 0.717) is 0 Å². The molecule has 0 radical (unpaired) electrons. The molecule has 0 aliphatic carbocycles. The first-order valence-corrected chi connectivity index (χ1v) is 6.45. The van der Waals surface area contributed by atoms with E-state index in [0.717, 1.165) is 5.56 Å². The van der Waals surface area contributed by atoms with Crippen LogP contribution < -0.4 is 0 Å². The van der Waals surface area contributed by atoms with E-state index >= 15 is 0 Å². The molecule has 110 valence electrons.